The summed E-state index contributed by atoms with van der Waals surface area (Å²) in [7, 11) is 0. The van der Waals surface area contributed by atoms with Crippen molar-refractivity contribution < 1.29 is 9.90 Å². The first-order valence-electron chi connectivity index (χ1n) is 10.8. The summed E-state index contributed by atoms with van der Waals surface area (Å²) in [5, 5.41) is 11.7. The van der Waals surface area contributed by atoms with Gasteiger partial charge >= 0.3 is 11.7 Å². The molecule has 0 bridgehead atoms. The lowest BCUT2D eigenvalue weighted by Crippen LogP contribution is -2.37. The van der Waals surface area contributed by atoms with Crippen LogP contribution in [0.1, 0.15) is 34.8 Å². The average Bonchev–Trinajstić information content (AvgIpc) is 3.32. The van der Waals surface area contributed by atoms with Crippen molar-refractivity contribution in [1.29, 1.82) is 0 Å². The van der Waals surface area contributed by atoms with Gasteiger partial charge in [0, 0.05) is 11.6 Å². The number of carboxylic acid groups (broad SMARTS) is 1. The standard InChI is InChI=1S/C26H26N4O3S/c1-4-8-20-22(14-27)29(15-19-25-17(3)11-16(2)12-23(25)34-28-19)26(33)30(20)21(13-24(31)32)18-9-6-5-7-10-18/h4-12,14,21H,1,13,15,27H2,2-3H3,(H,31,32)/b20-8+,22-14+/t21-/m1/s1. The van der Waals surface area contributed by atoms with Crippen molar-refractivity contribution in [3.63, 3.8) is 0 Å². The maximum atomic E-state index is 13.8. The topological polar surface area (TPSA) is 103 Å². The molecule has 0 saturated carbocycles. The lowest BCUT2D eigenvalue weighted by molar-refractivity contribution is -0.137. The quantitative estimate of drug-likeness (QED) is 0.429. The zero-order valence-corrected chi connectivity index (χ0v) is 19.9. The first kappa shape index (κ1) is 23.3. The number of nitrogens with zero attached hydrogens (tertiary/aromatic N) is 3. The number of carbonyl (C=O) groups is 1. The molecule has 1 atom stereocenters. The van der Waals surface area contributed by atoms with Crippen LogP contribution in [0.2, 0.25) is 0 Å². The van der Waals surface area contributed by atoms with E-state index < -0.39 is 12.0 Å². The molecule has 0 aliphatic rings. The van der Waals surface area contributed by atoms with Crippen LogP contribution in [-0.4, -0.2) is 24.6 Å². The summed E-state index contributed by atoms with van der Waals surface area (Å²) < 4.78 is 8.75. The maximum Gasteiger partial charge on any atom is 0.330 e. The third-order valence-corrected chi connectivity index (χ3v) is 6.67. The molecule has 0 aliphatic heterocycles. The zero-order chi connectivity index (χ0) is 24.4. The smallest absolute Gasteiger partial charge is 0.330 e. The molecule has 7 nitrogen and oxygen atoms in total. The van der Waals surface area contributed by atoms with Crippen molar-refractivity contribution in [2.75, 3.05) is 0 Å². The highest BCUT2D eigenvalue weighted by atomic mass is 32.1. The van der Waals surface area contributed by atoms with E-state index in [0.717, 1.165) is 32.5 Å². The van der Waals surface area contributed by atoms with Crippen LogP contribution in [0, 0.1) is 13.8 Å². The second-order valence-corrected chi connectivity index (χ2v) is 8.99. The van der Waals surface area contributed by atoms with Crippen LogP contribution in [-0.2, 0) is 11.3 Å². The molecule has 0 saturated heterocycles. The minimum atomic E-state index is -1.01. The number of aliphatic carboxylic acids is 1. The van der Waals surface area contributed by atoms with Crippen LogP contribution < -0.4 is 22.1 Å². The average molecular weight is 475 g/mol. The molecular weight excluding hydrogens is 448 g/mol. The molecule has 2 aromatic carbocycles. The molecular formula is C26H26N4O3S. The fourth-order valence-corrected chi connectivity index (χ4v) is 5.45. The summed E-state index contributed by atoms with van der Waals surface area (Å²) in [6.45, 7) is 8.07. The van der Waals surface area contributed by atoms with Crippen LogP contribution in [0.15, 0.2) is 59.9 Å². The Labute approximate surface area is 200 Å². The lowest BCUT2D eigenvalue weighted by atomic mass is 10.0. The molecule has 2 heterocycles. The number of fused-ring (bicyclic) bond motifs is 1. The Balaban J connectivity index is 1.97. The summed E-state index contributed by atoms with van der Waals surface area (Å²) in [6, 6.07) is 12.6. The van der Waals surface area contributed by atoms with Gasteiger partial charge in [0.05, 0.1) is 40.1 Å². The Morgan fingerprint density at radius 3 is 2.62 bits per heavy atom. The summed E-state index contributed by atoms with van der Waals surface area (Å²) in [5.41, 5.74) is 9.40. The van der Waals surface area contributed by atoms with Crippen molar-refractivity contribution in [2.45, 2.75) is 32.9 Å². The second-order valence-electron chi connectivity index (χ2n) is 8.19. The monoisotopic (exact) mass is 474 g/mol. The summed E-state index contributed by atoms with van der Waals surface area (Å²) in [5.74, 6) is -1.01. The normalized spacial score (nSPS) is 13.5. The van der Waals surface area contributed by atoms with Gasteiger partial charge in [-0.1, -0.05) is 49.1 Å². The van der Waals surface area contributed by atoms with Gasteiger partial charge in [-0.2, -0.15) is 4.37 Å². The van der Waals surface area contributed by atoms with Gasteiger partial charge in [0.25, 0.3) is 0 Å². The molecule has 0 fully saturated rings. The van der Waals surface area contributed by atoms with E-state index >= 15 is 0 Å². The van der Waals surface area contributed by atoms with Gasteiger partial charge in [-0.15, -0.1) is 0 Å². The predicted molar refractivity (Wildman–Crippen MR) is 136 cm³/mol. The van der Waals surface area contributed by atoms with Crippen LogP contribution >= 0.6 is 11.5 Å². The molecule has 0 aliphatic carbocycles. The van der Waals surface area contributed by atoms with Crippen molar-refractivity contribution in [3.05, 3.63) is 98.7 Å². The molecule has 4 rings (SSSR count). The van der Waals surface area contributed by atoms with Crippen molar-refractivity contribution in [3.8, 4) is 0 Å². The van der Waals surface area contributed by atoms with E-state index in [9.17, 15) is 14.7 Å². The number of aryl methyl sites for hydroxylation is 2. The number of aromatic nitrogens is 3. The fourth-order valence-electron chi connectivity index (χ4n) is 4.48. The molecule has 8 heteroatoms. The predicted octanol–water partition coefficient (Wildman–Crippen LogP) is 2.65. The number of nitrogens with two attached hydrogens (primary N) is 1. The Kier molecular flexibility index (Phi) is 6.51. The lowest BCUT2D eigenvalue weighted by Gasteiger charge is -2.17. The number of benzene rings is 2. The Morgan fingerprint density at radius 1 is 1.24 bits per heavy atom. The van der Waals surface area contributed by atoms with Gasteiger partial charge in [0.15, 0.2) is 0 Å². The number of rotatable bonds is 7. The highest BCUT2D eigenvalue weighted by molar-refractivity contribution is 7.13. The third kappa shape index (κ3) is 4.20. The minimum absolute atomic E-state index is 0.214. The maximum absolute atomic E-state index is 13.8. The van der Waals surface area contributed by atoms with Crippen LogP contribution in [0.3, 0.4) is 0 Å². The molecule has 0 spiro atoms. The van der Waals surface area contributed by atoms with E-state index in [0.29, 0.717) is 10.7 Å². The van der Waals surface area contributed by atoms with Gasteiger partial charge in [-0.05, 0) is 54.2 Å². The van der Waals surface area contributed by atoms with E-state index in [1.807, 2.05) is 44.2 Å². The van der Waals surface area contributed by atoms with Crippen LogP contribution in [0.4, 0.5) is 0 Å². The molecule has 4 aromatic rings. The number of carboxylic acids is 1. The van der Waals surface area contributed by atoms with Crippen LogP contribution in [0.25, 0.3) is 22.4 Å². The minimum Gasteiger partial charge on any atom is -0.481 e. The van der Waals surface area contributed by atoms with E-state index in [4.69, 9.17) is 5.73 Å². The first-order valence-corrected chi connectivity index (χ1v) is 11.6. The molecule has 174 valence electrons. The van der Waals surface area contributed by atoms with Gasteiger partial charge in [-0.25, -0.2) is 4.79 Å². The van der Waals surface area contributed by atoms with Gasteiger partial charge in [0.1, 0.15) is 0 Å². The molecule has 3 N–H and O–H groups in total. The highest BCUT2D eigenvalue weighted by Crippen LogP contribution is 2.28. The Hall–Kier alpha value is -3.91. The summed E-state index contributed by atoms with van der Waals surface area (Å²) >= 11 is 1.40. The van der Waals surface area contributed by atoms with Crippen LogP contribution in [0.5, 0.6) is 0 Å². The van der Waals surface area contributed by atoms with Crippen molar-refractivity contribution >= 4 is 39.9 Å². The molecule has 2 aromatic heterocycles. The van der Waals surface area contributed by atoms with E-state index in [1.165, 1.54) is 22.3 Å². The molecule has 34 heavy (non-hydrogen) atoms. The van der Waals surface area contributed by atoms with E-state index in [-0.39, 0.29) is 18.7 Å². The Morgan fingerprint density at radius 2 is 1.97 bits per heavy atom. The van der Waals surface area contributed by atoms with Crippen molar-refractivity contribution in [2.24, 2.45) is 5.73 Å². The Bertz CT molecular complexity index is 1560. The third-order valence-electron chi connectivity index (χ3n) is 5.84. The van der Waals surface area contributed by atoms with E-state index in [1.54, 1.807) is 16.7 Å². The first-order chi connectivity index (χ1) is 16.3. The van der Waals surface area contributed by atoms with E-state index in [2.05, 4.69) is 23.1 Å². The van der Waals surface area contributed by atoms with Gasteiger partial charge in [-0.3, -0.25) is 13.9 Å². The van der Waals surface area contributed by atoms with Crippen molar-refractivity contribution in [1.82, 2.24) is 13.5 Å². The summed E-state index contributed by atoms with van der Waals surface area (Å²) in [4.78, 5) is 25.6. The highest BCUT2D eigenvalue weighted by Gasteiger charge is 2.24. The molecule has 0 unspecified atom stereocenters. The number of allylic oxidation sites excluding steroid dienone is 1. The van der Waals surface area contributed by atoms with Gasteiger partial charge in [0.2, 0.25) is 0 Å². The number of hydrogen-bond donors (Lipinski definition) is 2. The number of imidazole rings is 1. The molecule has 0 amide bonds. The largest absolute Gasteiger partial charge is 0.481 e. The molecule has 0 radical (unpaired) electrons. The summed E-state index contributed by atoms with van der Waals surface area (Å²) in [6.07, 6.45) is 4.37. The SMILES string of the molecule is C=C/C=c1\c(=C/N)n(Cc2nsc3cc(C)cc(C)c23)c(=O)n1[C@H](CC(=O)O)c1ccccc1. The zero-order valence-electron chi connectivity index (χ0n) is 19.1. The number of hydrogen-bond acceptors (Lipinski definition) is 5. The second kappa shape index (κ2) is 9.52. The van der Waals surface area contributed by atoms with Gasteiger partial charge < -0.3 is 10.8 Å². The fraction of sp³-hybridized carbons (Fsp3) is 0.192.